The Kier molecular flexibility index (Phi) is 4.44. The number of methoxy groups -OCH3 is 1. The first kappa shape index (κ1) is 14.6. The molecular formula is C13H16ClN3O3. The summed E-state index contributed by atoms with van der Waals surface area (Å²) in [6.45, 7) is 3.64. The highest BCUT2D eigenvalue weighted by Crippen LogP contribution is 2.18. The van der Waals surface area contributed by atoms with Crippen molar-refractivity contribution in [1.82, 2.24) is 14.8 Å². The standard InChI is InChI=1S/C13H16ClN3O3/c1-9-7-11(14)10(8-15-9)12(18)16-3-5-17(6-4-16)13(19)20-2/h7-8H,3-6H2,1-2H3. The first-order chi connectivity index (χ1) is 9.52. The molecule has 0 N–H and O–H groups in total. The van der Waals surface area contributed by atoms with Crippen LogP contribution >= 0.6 is 11.6 Å². The van der Waals surface area contributed by atoms with Gasteiger partial charge < -0.3 is 14.5 Å². The summed E-state index contributed by atoms with van der Waals surface area (Å²) in [7, 11) is 1.34. The molecule has 1 aliphatic rings. The Bertz CT molecular complexity index is 528. The lowest BCUT2D eigenvalue weighted by Crippen LogP contribution is -2.50. The predicted octanol–water partition coefficient (Wildman–Crippen LogP) is 1.57. The third kappa shape index (κ3) is 3.01. The average molecular weight is 298 g/mol. The Morgan fingerprint density at radius 1 is 1.25 bits per heavy atom. The summed E-state index contributed by atoms with van der Waals surface area (Å²) in [5, 5.41) is 0.401. The van der Waals surface area contributed by atoms with E-state index in [1.165, 1.54) is 13.3 Å². The molecule has 6 nitrogen and oxygen atoms in total. The van der Waals surface area contributed by atoms with Crippen LogP contribution in [0.2, 0.25) is 5.02 Å². The van der Waals surface area contributed by atoms with Crippen LogP contribution in [0, 0.1) is 6.92 Å². The van der Waals surface area contributed by atoms with Gasteiger partial charge in [-0.05, 0) is 13.0 Å². The molecule has 0 saturated carbocycles. The first-order valence-corrected chi connectivity index (χ1v) is 6.65. The molecule has 20 heavy (non-hydrogen) atoms. The van der Waals surface area contributed by atoms with Crippen molar-refractivity contribution in [2.45, 2.75) is 6.92 Å². The maximum atomic E-state index is 12.3. The van der Waals surface area contributed by atoms with Crippen molar-refractivity contribution in [1.29, 1.82) is 0 Å². The summed E-state index contributed by atoms with van der Waals surface area (Å²) in [5.41, 5.74) is 1.16. The van der Waals surface area contributed by atoms with E-state index < -0.39 is 0 Å². The van der Waals surface area contributed by atoms with Crippen LogP contribution in [0.5, 0.6) is 0 Å². The van der Waals surface area contributed by atoms with E-state index in [1.54, 1.807) is 15.9 Å². The van der Waals surface area contributed by atoms with E-state index in [0.717, 1.165) is 5.69 Å². The number of pyridine rings is 1. The molecule has 1 saturated heterocycles. The van der Waals surface area contributed by atoms with Gasteiger partial charge in [0.05, 0.1) is 17.7 Å². The second-order valence-corrected chi connectivity index (χ2v) is 4.96. The van der Waals surface area contributed by atoms with Crippen LogP contribution in [0.3, 0.4) is 0 Å². The second-order valence-electron chi connectivity index (χ2n) is 4.55. The van der Waals surface area contributed by atoms with Gasteiger partial charge in [0, 0.05) is 38.1 Å². The van der Waals surface area contributed by atoms with E-state index >= 15 is 0 Å². The van der Waals surface area contributed by atoms with Crippen LogP contribution in [-0.2, 0) is 4.74 Å². The Hall–Kier alpha value is -1.82. The molecule has 0 aromatic carbocycles. The van der Waals surface area contributed by atoms with Crippen LogP contribution in [0.4, 0.5) is 4.79 Å². The normalized spacial score (nSPS) is 15.2. The third-order valence-corrected chi connectivity index (χ3v) is 3.53. The van der Waals surface area contributed by atoms with Crippen LogP contribution in [0.15, 0.2) is 12.3 Å². The van der Waals surface area contributed by atoms with Gasteiger partial charge in [0.25, 0.3) is 5.91 Å². The van der Waals surface area contributed by atoms with Crippen molar-refractivity contribution < 1.29 is 14.3 Å². The minimum atomic E-state index is -0.368. The molecule has 0 bridgehead atoms. The zero-order valence-electron chi connectivity index (χ0n) is 11.4. The molecule has 1 aromatic heterocycles. The monoisotopic (exact) mass is 297 g/mol. The lowest BCUT2D eigenvalue weighted by atomic mass is 10.2. The van der Waals surface area contributed by atoms with Crippen LogP contribution < -0.4 is 0 Å². The number of nitrogens with zero attached hydrogens (tertiary/aromatic N) is 3. The third-order valence-electron chi connectivity index (χ3n) is 3.22. The molecule has 0 spiro atoms. The van der Waals surface area contributed by atoms with Crippen molar-refractivity contribution in [3.8, 4) is 0 Å². The molecule has 1 aromatic rings. The van der Waals surface area contributed by atoms with Crippen LogP contribution in [0.25, 0.3) is 0 Å². The van der Waals surface area contributed by atoms with Gasteiger partial charge in [-0.2, -0.15) is 0 Å². The number of ether oxygens (including phenoxy) is 1. The lowest BCUT2D eigenvalue weighted by molar-refractivity contribution is 0.0599. The Morgan fingerprint density at radius 2 is 1.85 bits per heavy atom. The zero-order chi connectivity index (χ0) is 14.7. The van der Waals surface area contributed by atoms with E-state index in [0.29, 0.717) is 36.8 Å². The van der Waals surface area contributed by atoms with Gasteiger partial charge in [-0.15, -0.1) is 0 Å². The number of carbonyl (C=O) groups is 2. The van der Waals surface area contributed by atoms with Crippen LogP contribution in [-0.4, -0.2) is 60.1 Å². The Balaban J connectivity index is 2.03. The Labute approximate surface area is 122 Å². The number of hydrogen-bond donors (Lipinski definition) is 0. The number of piperazine rings is 1. The minimum Gasteiger partial charge on any atom is -0.453 e. The highest BCUT2D eigenvalue weighted by molar-refractivity contribution is 6.33. The molecule has 0 unspecified atom stereocenters. The van der Waals surface area contributed by atoms with Gasteiger partial charge in [0.15, 0.2) is 0 Å². The smallest absolute Gasteiger partial charge is 0.409 e. The lowest BCUT2D eigenvalue weighted by Gasteiger charge is -2.33. The van der Waals surface area contributed by atoms with Crippen molar-refractivity contribution >= 4 is 23.6 Å². The first-order valence-electron chi connectivity index (χ1n) is 6.27. The van der Waals surface area contributed by atoms with E-state index in [1.807, 2.05) is 6.92 Å². The fraction of sp³-hybridized carbons (Fsp3) is 0.462. The summed E-state index contributed by atoms with van der Waals surface area (Å²) < 4.78 is 4.65. The molecule has 2 heterocycles. The molecule has 0 aliphatic carbocycles. The number of halogens is 1. The molecule has 2 rings (SSSR count). The highest BCUT2D eigenvalue weighted by Gasteiger charge is 2.26. The van der Waals surface area contributed by atoms with E-state index in [-0.39, 0.29) is 12.0 Å². The fourth-order valence-corrected chi connectivity index (χ4v) is 2.36. The van der Waals surface area contributed by atoms with E-state index in [9.17, 15) is 9.59 Å². The Morgan fingerprint density at radius 3 is 2.40 bits per heavy atom. The number of aromatic nitrogens is 1. The molecule has 1 fully saturated rings. The predicted molar refractivity (Wildman–Crippen MR) is 73.9 cm³/mol. The van der Waals surface area contributed by atoms with Crippen LogP contribution in [0.1, 0.15) is 16.1 Å². The minimum absolute atomic E-state index is 0.160. The van der Waals surface area contributed by atoms with Crippen molar-refractivity contribution in [3.63, 3.8) is 0 Å². The van der Waals surface area contributed by atoms with Gasteiger partial charge in [-0.3, -0.25) is 9.78 Å². The molecule has 108 valence electrons. The van der Waals surface area contributed by atoms with Crippen molar-refractivity contribution in [3.05, 3.63) is 28.5 Å². The maximum Gasteiger partial charge on any atom is 0.409 e. The van der Waals surface area contributed by atoms with Gasteiger partial charge in [0.2, 0.25) is 0 Å². The second kappa shape index (κ2) is 6.09. The maximum absolute atomic E-state index is 12.3. The van der Waals surface area contributed by atoms with Gasteiger partial charge in [-0.1, -0.05) is 11.6 Å². The molecular weight excluding hydrogens is 282 g/mol. The highest BCUT2D eigenvalue weighted by atomic mass is 35.5. The number of carbonyl (C=O) groups excluding carboxylic acids is 2. The topological polar surface area (TPSA) is 62.7 Å². The number of rotatable bonds is 1. The fourth-order valence-electron chi connectivity index (χ4n) is 2.08. The number of aryl methyl sites for hydroxylation is 1. The summed E-state index contributed by atoms with van der Waals surface area (Å²) in [4.78, 5) is 31.0. The summed E-state index contributed by atoms with van der Waals surface area (Å²) in [5.74, 6) is -0.160. The van der Waals surface area contributed by atoms with Crippen molar-refractivity contribution in [2.75, 3.05) is 33.3 Å². The van der Waals surface area contributed by atoms with E-state index in [4.69, 9.17) is 11.6 Å². The average Bonchev–Trinajstić information content (AvgIpc) is 2.46. The largest absolute Gasteiger partial charge is 0.453 e. The van der Waals surface area contributed by atoms with Gasteiger partial charge in [0.1, 0.15) is 0 Å². The molecule has 7 heteroatoms. The molecule has 0 radical (unpaired) electrons. The van der Waals surface area contributed by atoms with E-state index in [2.05, 4.69) is 9.72 Å². The molecule has 0 atom stereocenters. The zero-order valence-corrected chi connectivity index (χ0v) is 12.2. The summed E-state index contributed by atoms with van der Waals surface area (Å²) in [6.07, 6.45) is 1.12. The van der Waals surface area contributed by atoms with Gasteiger partial charge >= 0.3 is 6.09 Å². The SMILES string of the molecule is COC(=O)N1CCN(C(=O)c2cnc(C)cc2Cl)CC1. The van der Waals surface area contributed by atoms with Crippen molar-refractivity contribution in [2.24, 2.45) is 0 Å². The summed E-state index contributed by atoms with van der Waals surface area (Å²) in [6, 6.07) is 1.67. The molecule has 1 aliphatic heterocycles. The molecule has 2 amide bonds. The van der Waals surface area contributed by atoms with Gasteiger partial charge in [-0.25, -0.2) is 4.79 Å². The number of amides is 2. The summed E-state index contributed by atoms with van der Waals surface area (Å²) >= 11 is 6.07. The number of hydrogen-bond acceptors (Lipinski definition) is 4. The quantitative estimate of drug-likeness (QED) is 0.789.